The lowest BCUT2D eigenvalue weighted by Gasteiger charge is -2.13. The topological polar surface area (TPSA) is 12.9 Å². The molecular formula is C23H19N. The number of aryl methyl sites for hydroxylation is 2. The maximum absolute atomic E-state index is 4.22. The van der Waals surface area contributed by atoms with Crippen LogP contribution in [0.2, 0.25) is 0 Å². The number of nitrogens with zero attached hydrogens (tertiary/aromatic N) is 1. The molecule has 116 valence electrons. The van der Waals surface area contributed by atoms with Crippen molar-refractivity contribution in [2.45, 2.75) is 13.8 Å². The molecule has 0 spiro atoms. The van der Waals surface area contributed by atoms with Gasteiger partial charge in [-0.1, -0.05) is 54.6 Å². The van der Waals surface area contributed by atoms with Crippen molar-refractivity contribution in [3.63, 3.8) is 0 Å². The number of hydrogen-bond acceptors (Lipinski definition) is 1. The number of pyridine rings is 1. The molecule has 1 heterocycles. The van der Waals surface area contributed by atoms with E-state index in [4.69, 9.17) is 0 Å². The third kappa shape index (κ3) is 2.48. The smallest absolute Gasteiger partial charge is 0.0303 e. The van der Waals surface area contributed by atoms with E-state index in [9.17, 15) is 0 Å². The van der Waals surface area contributed by atoms with Crippen molar-refractivity contribution in [1.82, 2.24) is 4.98 Å². The molecule has 4 aromatic rings. The molecule has 0 radical (unpaired) electrons. The molecule has 4 rings (SSSR count). The van der Waals surface area contributed by atoms with Gasteiger partial charge in [-0.15, -0.1) is 0 Å². The third-order valence-corrected chi connectivity index (χ3v) is 4.65. The number of benzene rings is 3. The van der Waals surface area contributed by atoms with Crippen LogP contribution in [0.4, 0.5) is 0 Å². The lowest BCUT2D eigenvalue weighted by Crippen LogP contribution is -1.90. The van der Waals surface area contributed by atoms with E-state index in [-0.39, 0.29) is 0 Å². The minimum Gasteiger partial charge on any atom is -0.264 e. The second-order valence-electron chi connectivity index (χ2n) is 6.25. The Morgan fingerprint density at radius 3 is 2.38 bits per heavy atom. The Hall–Kier alpha value is -2.93. The molecule has 0 amide bonds. The van der Waals surface area contributed by atoms with Gasteiger partial charge in [0, 0.05) is 12.4 Å². The Labute approximate surface area is 142 Å². The molecule has 0 saturated heterocycles. The van der Waals surface area contributed by atoms with Crippen LogP contribution < -0.4 is 0 Å². The quantitative estimate of drug-likeness (QED) is 0.430. The van der Waals surface area contributed by atoms with E-state index >= 15 is 0 Å². The fourth-order valence-electron chi connectivity index (χ4n) is 3.33. The van der Waals surface area contributed by atoms with E-state index in [1.807, 2.05) is 12.4 Å². The minimum absolute atomic E-state index is 1.20. The first-order valence-electron chi connectivity index (χ1n) is 8.24. The van der Waals surface area contributed by atoms with E-state index in [2.05, 4.69) is 85.6 Å². The average molecular weight is 309 g/mol. The molecule has 0 saturated carbocycles. The van der Waals surface area contributed by atoms with Gasteiger partial charge in [-0.3, -0.25) is 4.98 Å². The van der Waals surface area contributed by atoms with Crippen LogP contribution in [0.1, 0.15) is 11.1 Å². The first kappa shape index (κ1) is 14.6. The molecule has 1 aromatic heterocycles. The molecule has 0 fully saturated rings. The molecule has 1 heteroatoms. The molecule has 0 N–H and O–H groups in total. The summed E-state index contributed by atoms with van der Waals surface area (Å²) in [6, 6.07) is 23.9. The summed E-state index contributed by atoms with van der Waals surface area (Å²) in [6.45, 7) is 4.29. The number of aromatic nitrogens is 1. The van der Waals surface area contributed by atoms with E-state index in [0.29, 0.717) is 0 Å². The number of rotatable bonds is 2. The summed E-state index contributed by atoms with van der Waals surface area (Å²) < 4.78 is 0. The maximum atomic E-state index is 4.22. The second-order valence-corrected chi connectivity index (χ2v) is 6.25. The molecule has 0 aliphatic carbocycles. The SMILES string of the molecule is Cc1cnccc1-c1cc(-c2cccc3ccccc23)ccc1C. The van der Waals surface area contributed by atoms with Gasteiger partial charge in [0.2, 0.25) is 0 Å². The Balaban J connectivity index is 1.94. The second kappa shape index (κ2) is 5.93. The molecule has 1 nitrogen and oxygen atoms in total. The van der Waals surface area contributed by atoms with Crippen LogP contribution >= 0.6 is 0 Å². The molecule has 24 heavy (non-hydrogen) atoms. The average Bonchev–Trinajstić information content (AvgIpc) is 2.62. The summed E-state index contributed by atoms with van der Waals surface area (Å²) in [5.41, 5.74) is 7.55. The van der Waals surface area contributed by atoms with Crippen molar-refractivity contribution in [2.24, 2.45) is 0 Å². The van der Waals surface area contributed by atoms with Gasteiger partial charge >= 0.3 is 0 Å². The van der Waals surface area contributed by atoms with Crippen LogP contribution in [0.25, 0.3) is 33.0 Å². The van der Waals surface area contributed by atoms with Crippen molar-refractivity contribution in [2.75, 3.05) is 0 Å². The van der Waals surface area contributed by atoms with Crippen LogP contribution in [0.15, 0.2) is 79.1 Å². The lowest BCUT2D eigenvalue weighted by atomic mass is 9.92. The Bertz CT molecular complexity index is 1030. The number of fused-ring (bicyclic) bond motifs is 1. The molecule has 3 aromatic carbocycles. The van der Waals surface area contributed by atoms with Gasteiger partial charge in [-0.2, -0.15) is 0 Å². The summed E-state index contributed by atoms with van der Waals surface area (Å²) in [5, 5.41) is 2.57. The van der Waals surface area contributed by atoms with Gasteiger partial charge in [0.15, 0.2) is 0 Å². The number of hydrogen-bond donors (Lipinski definition) is 0. The predicted molar refractivity (Wildman–Crippen MR) is 102 cm³/mol. The fraction of sp³-hybridized carbons (Fsp3) is 0.0870. The molecule has 0 aliphatic rings. The first-order chi connectivity index (χ1) is 11.7. The van der Waals surface area contributed by atoms with E-state index in [1.165, 1.54) is 44.2 Å². The predicted octanol–water partition coefficient (Wildman–Crippen LogP) is 6.19. The first-order valence-corrected chi connectivity index (χ1v) is 8.24. The fourth-order valence-corrected chi connectivity index (χ4v) is 3.33. The highest BCUT2D eigenvalue weighted by atomic mass is 14.6. The van der Waals surface area contributed by atoms with Gasteiger partial charge in [0.05, 0.1) is 0 Å². The standard InChI is InChI=1S/C23H19N/c1-16-10-11-19(14-23(16)20-12-13-24-15-17(20)2)22-9-5-7-18-6-3-4-8-21(18)22/h3-15H,1-2H3. The van der Waals surface area contributed by atoms with Crippen molar-refractivity contribution < 1.29 is 0 Å². The summed E-state index contributed by atoms with van der Waals surface area (Å²) in [7, 11) is 0. The van der Waals surface area contributed by atoms with Crippen molar-refractivity contribution >= 4 is 10.8 Å². The summed E-state index contributed by atoms with van der Waals surface area (Å²) in [6.07, 6.45) is 3.80. The minimum atomic E-state index is 1.20. The van der Waals surface area contributed by atoms with Gasteiger partial charge in [0.25, 0.3) is 0 Å². The van der Waals surface area contributed by atoms with Gasteiger partial charge in [-0.25, -0.2) is 0 Å². The van der Waals surface area contributed by atoms with Crippen LogP contribution in [-0.2, 0) is 0 Å². The summed E-state index contributed by atoms with van der Waals surface area (Å²) in [4.78, 5) is 4.22. The Morgan fingerprint density at radius 1 is 0.667 bits per heavy atom. The van der Waals surface area contributed by atoms with Gasteiger partial charge in [-0.05, 0) is 70.1 Å². The highest BCUT2D eigenvalue weighted by Crippen LogP contribution is 2.34. The van der Waals surface area contributed by atoms with Crippen LogP contribution in [0.5, 0.6) is 0 Å². The maximum Gasteiger partial charge on any atom is 0.0303 e. The normalized spacial score (nSPS) is 10.9. The highest BCUT2D eigenvalue weighted by Gasteiger charge is 2.09. The zero-order chi connectivity index (χ0) is 16.5. The molecule has 0 unspecified atom stereocenters. The Kier molecular flexibility index (Phi) is 3.62. The van der Waals surface area contributed by atoms with E-state index in [1.54, 1.807) is 0 Å². The Morgan fingerprint density at radius 2 is 1.50 bits per heavy atom. The van der Waals surface area contributed by atoms with Crippen molar-refractivity contribution in [3.8, 4) is 22.3 Å². The highest BCUT2D eigenvalue weighted by molar-refractivity contribution is 5.97. The molecular weight excluding hydrogens is 290 g/mol. The molecule has 0 aliphatic heterocycles. The van der Waals surface area contributed by atoms with Gasteiger partial charge in [0.1, 0.15) is 0 Å². The zero-order valence-corrected chi connectivity index (χ0v) is 14.0. The van der Waals surface area contributed by atoms with Gasteiger partial charge < -0.3 is 0 Å². The monoisotopic (exact) mass is 309 g/mol. The van der Waals surface area contributed by atoms with Crippen molar-refractivity contribution in [3.05, 3.63) is 90.3 Å². The molecule has 0 bridgehead atoms. The van der Waals surface area contributed by atoms with Crippen molar-refractivity contribution in [1.29, 1.82) is 0 Å². The van der Waals surface area contributed by atoms with E-state index in [0.717, 1.165) is 0 Å². The summed E-state index contributed by atoms with van der Waals surface area (Å²) in [5.74, 6) is 0. The van der Waals surface area contributed by atoms with E-state index < -0.39 is 0 Å². The molecule has 0 atom stereocenters. The van der Waals surface area contributed by atoms with Crippen LogP contribution in [0.3, 0.4) is 0 Å². The lowest BCUT2D eigenvalue weighted by molar-refractivity contribution is 1.26. The summed E-state index contributed by atoms with van der Waals surface area (Å²) >= 11 is 0. The third-order valence-electron chi connectivity index (χ3n) is 4.65. The van der Waals surface area contributed by atoms with Crippen LogP contribution in [0, 0.1) is 13.8 Å². The largest absolute Gasteiger partial charge is 0.264 e. The zero-order valence-electron chi connectivity index (χ0n) is 14.0. The van der Waals surface area contributed by atoms with Crippen LogP contribution in [-0.4, -0.2) is 4.98 Å².